The Morgan fingerprint density at radius 1 is 0.600 bits per heavy atom. The molecule has 0 unspecified atom stereocenters. The Kier molecular flexibility index (Phi) is 18.3. The number of alkyl carbamates (subject to hydrolysis) is 1. The third-order valence-corrected chi connectivity index (χ3v) is 13.3. The van der Waals surface area contributed by atoms with Gasteiger partial charge in [-0.3, -0.25) is 0 Å². The van der Waals surface area contributed by atoms with Gasteiger partial charge in [0.15, 0.2) is 17.4 Å². The van der Waals surface area contributed by atoms with Crippen molar-refractivity contribution >= 4 is 6.09 Å². The summed E-state index contributed by atoms with van der Waals surface area (Å²) in [6.45, 7) is 7.85. The van der Waals surface area contributed by atoms with Gasteiger partial charge in [-0.15, -0.1) is 0 Å². The summed E-state index contributed by atoms with van der Waals surface area (Å²) < 4.78 is 118. The van der Waals surface area contributed by atoms with Crippen LogP contribution >= 0.6 is 0 Å². The lowest BCUT2D eigenvalue weighted by Gasteiger charge is -2.19. The number of rotatable bonds is 21. The van der Waals surface area contributed by atoms with Gasteiger partial charge < -0.3 is 48.4 Å². The van der Waals surface area contributed by atoms with Gasteiger partial charge in [0, 0.05) is 37.1 Å². The van der Waals surface area contributed by atoms with Gasteiger partial charge in [-0.1, -0.05) is 37.3 Å². The maximum atomic E-state index is 13.2. The summed E-state index contributed by atoms with van der Waals surface area (Å²) >= 11 is 0. The van der Waals surface area contributed by atoms with E-state index in [2.05, 4.69) is 60.1 Å². The number of amides is 1. The first-order valence-electron chi connectivity index (χ1n) is 27.0. The van der Waals surface area contributed by atoms with Crippen molar-refractivity contribution in [2.75, 3.05) is 35.0 Å². The van der Waals surface area contributed by atoms with Crippen molar-refractivity contribution in [3.63, 3.8) is 0 Å². The number of carbonyl (C=O) groups excluding carboxylic acids is 1. The fraction of sp³-hybridized carbons (Fsp3) is 0.397. The van der Waals surface area contributed by atoms with Crippen molar-refractivity contribution in [3.8, 4) is 80.6 Å². The zero-order valence-electron chi connectivity index (χ0n) is 47.7. The third-order valence-electron chi connectivity index (χ3n) is 13.3. The number of aryl methyl sites for hydroxylation is 2. The van der Waals surface area contributed by atoms with Crippen LogP contribution in [0.5, 0.6) is 35.0 Å². The number of hydrogen-bond acceptors (Lipinski definition) is 18. The molecule has 85 heavy (non-hydrogen) atoms. The maximum Gasteiger partial charge on any atom is 0.432 e. The Balaban J connectivity index is 0.000000222. The second-order valence-corrected chi connectivity index (χ2v) is 20.7. The van der Waals surface area contributed by atoms with Gasteiger partial charge in [-0.05, 0) is 88.5 Å². The average molecular weight is 1180 g/mol. The number of hydrogen-bond donors (Lipinski definition) is 3. The normalized spacial score (nSPS) is 13.3. The summed E-state index contributed by atoms with van der Waals surface area (Å²) in [5.41, 5.74) is 4.31. The Morgan fingerprint density at radius 2 is 1.14 bits per heavy atom. The summed E-state index contributed by atoms with van der Waals surface area (Å²) in [5.74, 6) is 3.43. The zero-order chi connectivity index (χ0) is 60.6. The van der Waals surface area contributed by atoms with E-state index < -0.39 is 35.4 Å². The van der Waals surface area contributed by atoms with Gasteiger partial charge in [0.1, 0.15) is 71.4 Å². The molecule has 0 bridgehead atoms. The molecule has 2 aliphatic rings. The predicted octanol–water partition coefficient (Wildman–Crippen LogP) is 11.9. The SMILES string of the molecule is CCc1cc(COc2nc(-c3c(OC)ncnc3C3CC3)ncc2OC)cc(OC)c1-c1ncc(C(F)(F)F)[nH]1.COc1ncnc(C2CC2)c1-c1ncc(CCCNC(=O)OC(C)(C)C)c(OCc2ccc(-c3ncc(C(F)(F)F)[nH]3)cc2)n1.[HH]. The second kappa shape index (κ2) is 25.8. The summed E-state index contributed by atoms with van der Waals surface area (Å²) in [4.78, 5) is 60.4. The van der Waals surface area contributed by atoms with E-state index in [0.717, 1.165) is 66.2 Å². The molecular formula is C58H63F6N13O8. The van der Waals surface area contributed by atoms with Crippen molar-refractivity contribution in [2.45, 2.75) is 116 Å². The number of aromatic amines is 2. The molecule has 0 radical (unpaired) electrons. The van der Waals surface area contributed by atoms with Crippen molar-refractivity contribution in [1.29, 1.82) is 0 Å². The lowest BCUT2D eigenvalue weighted by Crippen LogP contribution is -2.33. The molecule has 2 fully saturated rings. The highest BCUT2D eigenvalue weighted by Crippen LogP contribution is 2.47. The van der Waals surface area contributed by atoms with Gasteiger partial charge >= 0.3 is 18.4 Å². The minimum atomic E-state index is -4.54. The molecular weight excluding hydrogens is 1120 g/mol. The molecule has 1 amide bonds. The van der Waals surface area contributed by atoms with E-state index in [1.807, 2.05) is 13.0 Å². The van der Waals surface area contributed by atoms with Crippen LogP contribution in [-0.2, 0) is 43.1 Å². The lowest BCUT2D eigenvalue weighted by atomic mass is 10.00. The van der Waals surface area contributed by atoms with Crippen LogP contribution in [0.4, 0.5) is 31.1 Å². The molecule has 0 spiro atoms. The Morgan fingerprint density at radius 3 is 1.67 bits per heavy atom. The van der Waals surface area contributed by atoms with Crippen molar-refractivity contribution < 1.29 is 65.7 Å². The van der Waals surface area contributed by atoms with Gasteiger partial charge in [-0.2, -0.15) is 36.3 Å². The van der Waals surface area contributed by atoms with E-state index in [0.29, 0.717) is 100 Å². The van der Waals surface area contributed by atoms with E-state index in [1.54, 1.807) is 57.3 Å². The van der Waals surface area contributed by atoms with Crippen LogP contribution < -0.4 is 33.7 Å². The Hall–Kier alpha value is -9.17. The van der Waals surface area contributed by atoms with Crippen LogP contribution in [0, 0.1) is 0 Å². The second-order valence-electron chi connectivity index (χ2n) is 20.7. The number of imidazole rings is 2. The zero-order valence-corrected chi connectivity index (χ0v) is 47.7. The van der Waals surface area contributed by atoms with Crippen LogP contribution in [0.25, 0.3) is 45.6 Å². The molecule has 450 valence electrons. The van der Waals surface area contributed by atoms with Crippen molar-refractivity contribution in [2.24, 2.45) is 0 Å². The molecule has 2 aliphatic carbocycles. The van der Waals surface area contributed by atoms with E-state index in [-0.39, 0.29) is 38.1 Å². The standard InChI is InChI=1S/C31H34F3N7O4.C27H27F3N6O4.H2/c1-30(2,3)45-29(42)35-13-5-6-21-14-36-26(23-24(19-11-12-19)38-17-39-28(23)43-4)41-27(21)44-16-18-7-9-20(10-8-18)25-37-15-22(40-25)31(32,33)34;1-5-15-8-14(9-17(37-2)20(15)23-32-11-19(35-23)27(28,29)30)12-40-25-18(38-3)10-31-24(36-25)21-22(16-6-7-16)33-13-34-26(21)39-4;/h7-10,14-15,17,19H,5-6,11-13,16H2,1-4H3,(H,35,42)(H,37,40);8-11,13,16H,5-7,12H2,1-4H3,(H,32,35);1H. The first-order chi connectivity index (χ1) is 40.7. The number of aromatic nitrogens is 12. The van der Waals surface area contributed by atoms with Gasteiger partial charge in [0.25, 0.3) is 5.88 Å². The number of alkyl halides is 6. The van der Waals surface area contributed by atoms with Gasteiger partial charge in [0.05, 0.1) is 64.0 Å². The van der Waals surface area contributed by atoms with Crippen LogP contribution in [0.1, 0.15) is 118 Å². The first kappa shape index (κ1) is 60.4. The van der Waals surface area contributed by atoms with Crippen LogP contribution in [0.2, 0.25) is 0 Å². The minimum absolute atomic E-state index is 0. The van der Waals surface area contributed by atoms with E-state index in [4.69, 9.17) is 38.1 Å². The number of nitrogens with zero attached hydrogens (tertiary/aromatic N) is 10. The number of halogens is 6. The maximum absolute atomic E-state index is 13.2. The molecule has 0 aliphatic heterocycles. The molecule has 8 aromatic rings. The van der Waals surface area contributed by atoms with Crippen LogP contribution in [-0.4, -0.2) is 106 Å². The number of ether oxygens (including phenoxy) is 7. The number of H-pyrrole nitrogens is 2. The Labute approximate surface area is 485 Å². The average Bonchev–Trinajstić information content (AvgIpc) is 2.01. The number of methoxy groups -OCH3 is 4. The topological polar surface area (TPSA) is 254 Å². The lowest BCUT2D eigenvalue weighted by molar-refractivity contribution is -0.141. The van der Waals surface area contributed by atoms with E-state index in [9.17, 15) is 31.1 Å². The first-order valence-corrected chi connectivity index (χ1v) is 27.0. The minimum Gasteiger partial charge on any atom is -0.496 e. The highest BCUT2D eigenvalue weighted by Gasteiger charge is 2.36. The number of carbonyl (C=O) groups is 1. The molecule has 6 heterocycles. The van der Waals surface area contributed by atoms with Crippen LogP contribution in [0.3, 0.4) is 0 Å². The molecule has 10 rings (SSSR count). The monoisotopic (exact) mass is 1180 g/mol. The van der Waals surface area contributed by atoms with Crippen molar-refractivity contribution in [3.05, 3.63) is 119 Å². The largest absolute Gasteiger partial charge is 0.496 e. The Bertz CT molecular complexity index is 3600. The third kappa shape index (κ3) is 15.0. The highest BCUT2D eigenvalue weighted by atomic mass is 19.4. The predicted molar refractivity (Wildman–Crippen MR) is 297 cm³/mol. The summed E-state index contributed by atoms with van der Waals surface area (Å²) in [7, 11) is 5.99. The van der Waals surface area contributed by atoms with E-state index >= 15 is 0 Å². The van der Waals surface area contributed by atoms with Crippen molar-refractivity contribution in [1.82, 2.24) is 65.1 Å². The summed E-state index contributed by atoms with van der Waals surface area (Å²) in [6.07, 6.45) is 3.75. The fourth-order valence-corrected chi connectivity index (χ4v) is 8.93. The van der Waals surface area contributed by atoms with E-state index in [1.165, 1.54) is 47.3 Å². The smallest absolute Gasteiger partial charge is 0.432 e. The quantitative estimate of drug-likeness (QED) is 0.0446. The molecule has 3 N–H and O–H groups in total. The molecule has 0 saturated heterocycles. The molecule has 2 aromatic carbocycles. The molecule has 2 saturated carbocycles. The molecule has 0 atom stereocenters. The fourth-order valence-electron chi connectivity index (χ4n) is 8.93. The van der Waals surface area contributed by atoms with Crippen LogP contribution in [0.15, 0.2) is 73.8 Å². The molecule has 21 nitrogen and oxygen atoms in total. The number of nitrogens with one attached hydrogen (secondary N) is 3. The van der Waals surface area contributed by atoms with Gasteiger partial charge in [-0.25, -0.2) is 44.7 Å². The molecule has 6 aromatic heterocycles. The van der Waals surface area contributed by atoms with Gasteiger partial charge in [0.2, 0.25) is 17.6 Å². The number of benzene rings is 2. The molecule has 27 heteroatoms. The summed E-state index contributed by atoms with van der Waals surface area (Å²) in [6, 6.07) is 10.4. The highest BCUT2D eigenvalue weighted by molar-refractivity contribution is 5.71. The summed E-state index contributed by atoms with van der Waals surface area (Å²) in [5, 5.41) is 2.75.